The van der Waals surface area contributed by atoms with Crippen LogP contribution in [0.4, 0.5) is 11.8 Å². The van der Waals surface area contributed by atoms with Crippen molar-refractivity contribution in [3.05, 3.63) is 65.0 Å². The van der Waals surface area contributed by atoms with E-state index in [9.17, 15) is 10.1 Å². The fraction of sp³-hybridized carbons (Fsp3) is 0.296. The first-order valence-electron chi connectivity index (χ1n) is 11.4. The van der Waals surface area contributed by atoms with Crippen LogP contribution in [0.1, 0.15) is 55.6 Å². The molecule has 0 aliphatic rings. The summed E-state index contributed by atoms with van der Waals surface area (Å²) in [4.78, 5) is 25.1. The molecule has 8 heteroatoms. The Bertz CT molecular complexity index is 1300. The smallest absolute Gasteiger partial charge is 0.222 e. The SMILES string of the molecule is CCC(C)/C(=C\c1cccc(-c2ccnc(OC)c2)c1C(C)=O)C(C)Nc1nc(N)ncc1C#N. The summed E-state index contributed by atoms with van der Waals surface area (Å²) < 4.78 is 5.27. The predicted molar refractivity (Wildman–Crippen MR) is 138 cm³/mol. The molecule has 0 fully saturated rings. The van der Waals surface area contributed by atoms with E-state index in [-0.39, 0.29) is 23.7 Å². The van der Waals surface area contributed by atoms with E-state index in [1.807, 2.05) is 37.3 Å². The van der Waals surface area contributed by atoms with Crippen molar-refractivity contribution in [1.82, 2.24) is 15.0 Å². The van der Waals surface area contributed by atoms with Crippen LogP contribution in [0.3, 0.4) is 0 Å². The lowest BCUT2D eigenvalue weighted by Gasteiger charge is -2.24. The van der Waals surface area contributed by atoms with Gasteiger partial charge in [-0.25, -0.2) is 9.97 Å². The van der Waals surface area contributed by atoms with Crippen LogP contribution in [-0.2, 0) is 0 Å². The van der Waals surface area contributed by atoms with Crippen LogP contribution >= 0.6 is 0 Å². The number of aromatic nitrogens is 3. The number of hydrogen-bond donors (Lipinski definition) is 2. The first-order valence-corrected chi connectivity index (χ1v) is 11.4. The highest BCUT2D eigenvalue weighted by Gasteiger charge is 2.20. The number of carbonyl (C=O) groups excluding carboxylic acids is 1. The van der Waals surface area contributed by atoms with E-state index in [2.05, 4.69) is 46.3 Å². The Morgan fingerprint density at radius 3 is 2.71 bits per heavy atom. The van der Waals surface area contributed by atoms with Crippen LogP contribution in [0, 0.1) is 17.2 Å². The van der Waals surface area contributed by atoms with Crippen LogP contribution in [0.5, 0.6) is 5.88 Å². The molecule has 2 aromatic heterocycles. The third-order valence-electron chi connectivity index (χ3n) is 5.99. The number of pyridine rings is 1. The molecule has 3 N–H and O–H groups in total. The highest BCUT2D eigenvalue weighted by Crippen LogP contribution is 2.32. The molecule has 3 rings (SSSR count). The number of nitrogens with zero attached hydrogens (tertiary/aromatic N) is 4. The number of methoxy groups -OCH3 is 1. The summed E-state index contributed by atoms with van der Waals surface area (Å²) in [5.74, 6) is 1.11. The lowest BCUT2D eigenvalue weighted by Crippen LogP contribution is -2.23. The maximum Gasteiger partial charge on any atom is 0.222 e. The second-order valence-corrected chi connectivity index (χ2v) is 8.33. The predicted octanol–water partition coefficient (Wildman–Crippen LogP) is 5.13. The molecule has 0 bridgehead atoms. The standard InChI is InChI=1S/C27H30N6O2/c1-6-16(2)23(17(3)32-26-21(14-28)15-31-27(29)33-26)12-20-8-7-9-22(25(20)18(4)34)19-10-11-30-24(13-19)35-5/h7-13,15-17H,6H2,1-5H3,(H3,29,31,32,33)/b23-12+. The number of benzene rings is 1. The summed E-state index contributed by atoms with van der Waals surface area (Å²) in [7, 11) is 1.56. The molecule has 180 valence electrons. The Morgan fingerprint density at radius 2 is 2.06 bits per heavy atom. The Kier molecular flexibility index (Phi) is 8.16. The first-order chi connectivity index (χ1) is 16.8. The minimum Gasteiger partial charge on any atom is -0.481 e. The summed E-state index contributed by atoms with van der Waals surface area (Å²) in [5, 5.41) is 12.8. The topological polar surface area (TPSA) is 127 Å². The van der Waals surface area contributed by atoms with Crippen molar-refractivity contribution in [2.75, 3.05) is 18.2 Å². The summed E-state index contributed by atoms with van der Waals surface area (Å²) in [5.41, 5.74) is 10.2. The lowest BCUT2D eigenvalue weighted by molar-refractivity contribution is 0.101. The van der Waals surface area contributed by atoms with Crippen molar-refractivity contribution >= 4 is 23.6 Å². The largest absolute Gasteiger partial charge is 0.481 e. The van der Waals surface area contributed by atoms with Crippen molar-refractivity contribution in [1.29, 1.82) is 5.26 Å². The summed E-state index contributed by atoms with van der Waals surface area (Å²) in [6.07, 6.45) is 6.02. The van der Waals surface area contributed by atoms with Crippen molar-refractivity contribution in [3.63, 3.8) is 0 Å². The number of nitrogens with one attached hydrogen (secondary N) is 1. The molecule has 0 radical (unpaired) electrons. The van der Waals surface area contributed by atoms with Gasteiger partial charge in [0.05, 0.1) is 13.3 Å². The third kappa shape index (κ3) is 5.82. The van der Waals surface area contributed by atoms with Gasteiger partial charge >= 0.3 is 0 Å². The van der Waals surface area contributed by atoms with Gasteiger partial charge < -0.3 is 15.8 Å². The molecule has 0 saturated carbocycles. The summed E-state index contributed by atoms with van der Waals surface area (Å²) in [6, 6.07) is 11.4. The normalized spacial score (nSPS) is 13.0. The number of nitrogens with two attached hydrogens (primary N) is 1. The van der Waals surface area contributed by atoms with Crippen molar-refractivity contribution < 1.29 is 9.53 Å². The fourth-order valence-electron chi connectivity index (χ4n) is 4.00. The molecule has 2 heterocycles. The van der Waals surface area contributed by atoms with Crippen LogP contribution in [0.25, 0.3) is 17.2 Å². The highest BCUT2D eigenvalue weighted by atomic mass is 16.5. The van der Waals surface area contributed by atoms with Crippen LogP contribution < -0.4 is 15.8 Å². The number of rotatable bonds is 9. The van der Waals surface area contributed by atoms with Gasteiger partial charge in [0.1, 0.15) is 17.5 Å². The zero-order valence-corrected chi connectivity index (χ0v) is 20.7. The first kappa shape index (κ1) is 25.4. The average Bonchev–Trinajstić information content (AvgIpc) is 2.86. The lowest BCUT2D eigenvalue weighted by atomic mass is 9.87. The van der Waals surface area contributed by atoms with Gasteiger partial charge in [0.25, 0.3) is 0 Å². The molecule has 0 aliphatic heterocycles. The number of ketones is 1. The van der Waals surface area contributed by atoms with Crippen LogP contribution in [0.2, 0.25) is 0 Å². The van der Waals surface area contributed by atoms with E-state index < -0.39 is 0 Å². The molecular weight excluding hydrogens is 440 g/mol. The van der Waals surface area contributed by atoms with Gasteiger partial charge in [-0.1, -0.05) is 38.1 Å². The summed E-state index contributed by atoms with van der Waals surface area (Å²) in [6.45, 7) is 7.82. The van der Waals surface area contributed by atoms with Crippen molar-refractivity contribution in [3.8, 4) is 23.1 Å². The monoisotopic (exact) mass is 470 g/mol. The minimum absolute atomic E-state index is 0.0397. The molecular formula is C27H30N6O2. The van der Waals surface area contributed by atoms with E-state index in [4.69, 9.17) is 10.5 Å². The Hall–Kier alpha value is -4.25. The van der Waals surface area contributed by atoms with Gasteiger partial charge in [-0.3, -0.25) is 4.79 Å². The number of ether oxygens (including phenoxy) is 1. The minimum atomic E-state index is -0.184. The number of nitriles is 1. The van der Waals surface area contributed by atoms with Gasteiger partial charge in [-0.15, -0.1) is 0 Å². The third-order valence-corrected chi connectivity index (χ3v) is 5.99. The van der Waals surface area contributed by atoms with E-state index >= 15 is 0 Å². The van der Waals surface area contributed by atoms with E-state index in [0.717, 1.165) is 28.7 Å². The van der Waals surface area contributed by atoms with E-state index in [0.29, 0.717) is 22.8 Å². The zero-order valence-electron chi connectivity index (χ0n) is 20.7. The molecule has 1 aromatic carbocycles. The van der Waals surface area contributed by atoms with Crippen molar-refractivity contribution in [2.45, 2.75) is 40.2 Å². The van der Waals surface area contributed by atoms with Crippen molar-refractivity contribution in [2.24, 2.45) is 5.92 Å². The van der Waals surface area contributed by atoms with E-state index in [1.165, 1.54) is 6.20 Å². The quantitative estimate of drug-likeness (QED) is 0.412. The molecule has 35 heavy (non-hydrogen) atoms. The molecule has 2 atom stereocenters. The van der Waals surface area contributed by atoms with Gasteiger partial charge in [0.15, 0.2) is 5.78 Å². The number of anilines is 2. The molecule has 3 aromatic rings. The second kappa shape index (κ2) is 11.3. The van der Waals surface area contributed by atoms with Gasteiger partial charge in [-0.2, -0.15) is 10.2 Å². The highest BCUT2D eigenvalue weighted by molar-refractivity contribution is 6.04. The van der Waals surface area contributed by atoms with Crippen LogP contribution in [-0.4, -0.2) is 33.9 Å². The zero-order chi connectivity index (χ0) is 25.5. The number of carbonyl (C=O) groups is 1. The molecule has 2 unspecified atom stereocenters. The average molecular weight is 471 g/mol. The Morgan fingerprint density at radius 1 is 1.29 bits per heavy atom. The maximum atomic E-state index is 12.9. The summed E-state index contributed by atoms with van der Waals surface area (Å²) >= 11 is 0. The number of nitrogen functional groups attached to an aromatic ring is 1. The molecule has 0 spiro atoms. The van der Waals surface area contributed by atoms with Gasteiger partial charge in [0, 0.05) is 23.9 Å². The molecule has 0 saturated heterocycles. The maximum absolute atomic E-state index is 12.9. The van der Waals surface area contributed by atoms with Gasteiger partial charge in [0.2, 0.25) is 11.8 Å². The number of Topliss-reactive ketones (excluding diaryl/α,β-unsaturated/α-hetero) is 1. The molecule has 8 nitrogen and oxygen atoms in total. The van der Waals surface area contributed by atoms with Gasteiger partial charge in [-0.05, 0) is 54.5 Å². The van der Waals surface area contributed by atoms with Crippen LogP contribution in [0.15, 0.2) is 48.3 Å². The van der Waals surface area contributed by atoms with E-state index in [1.54, 1.807) is 20.2 Å². The molecule has 0 aliphatic carbocycles. The second-order valence-electron chi connectivity index (χ2n) is 8.33. The fourth-order valence-corrected chi connectivity index (χ4v) is 4.00. The Labute approximate surface area is 205 Å². The Balaban J connectivity index is 2.12. The molecule has 0 amide bonds. The number of hydrogen-bond acceptors (Lipinski definition) is 8.